The zero-order valence-electron chi connectivity index (χ0n) is 14.5. The van der Waals surface area contributed by atoms with Crippen LogP contribution >= 0.6 is 0 Å². The normalized spacial score (nSPS) is 11.1. The average molecular weight is 371 g/mol. The molecule has 136 valence electrons. The van der Waals surface area contributed by atoms with E-state index in [4.69, 9.17) is 8.94 Å². The SMILES string of the molecule is O=c1[nH]c2cc(Cc3nc(-c4cccc(-c5cncnc5)c4)no3)ccc2o1. The van der Waals surface area contributed by atoms with Crippen molar-refractivity contribution in [3.63, 3.8) is 0 Å². The summed E-state index contributed by atoms with van der Waals surface area (Å²) in [7, 11) is 0. The summed E-state index contributed by atoms with van der Waals surface area (Å²) in [6, 6.07) is 13.2. The predicted octanol–water partition coefficient (Wildman–Crippen LogP) is 3.22. The second-order valence-electron chi connectivity index (χ2n) is 6.24. The Hall–Kier alpha value is -4.07. The Labute approximate surface area is 157 Å². The Morgan fingerprint density at radius 2 is 1.82 bits per heavy atom. The number of H-pyrrole nitrogens is 1. The van der Waals surface area contributed by atoms with Crippen molar-refractivity contribution >= 4 is 11.1 Å². The van der Waals surface area contributed by atoms with Gasteiger partial charge < -0.3 is 8.94 Å². The summed E-state index contributed by atoms with van der Waals surface area (Å²) in [4.78, 5) is 26.5. The summed E-state index contributed by atoms with van der Waals surface area (Å²) in [5.41, 5.74) is 4.80. The standard InChI is InChI=1S/C20H13N5O3/c26-20-23-16-6-12(4-5-17(16)27-20)7-18-24-19(25-28-18)14-3-1-2-13(8-14)15-9-21-11-22-10-15/h1-6,8-11H,7H2,(H,23,26). The van der Waals surface area contributed by atoms with Crippen molar-refractivity contribution < 1.29 is 8.94 Å². The third-order valence-corrected chi connectivity index (χ3v) is 4.32. The zero-order chi connectivity index (χ0) is 18.9. The van der Waals surface area contributed by atoms with Crippen LogP contribution in [0, 0.1) is 0 Å². The summed E-state index contributed by atoms with van der Waals surface area (Å²) < 4.78 is 10.4. The van der Waals surface area contributed by atoms with E-state index in [0.29, 0.717) is 29.2 Å². The molecule has 0 saturated carbocycles. The number of hydrogen-bond donors (Lipinski definition) is 1. The molecule has 5 aromatic rings. The Balaban J connectivity index is 1.42. The second-order valence-corrected chi connectivity index (χ2v) is 6.24. The molecule has 0 atom stereocenters. The Kier molecular flexibility index (Phi) is 3.79. The molecule has 0 aliphatic rings. The molecular weight excluding hydrogens is 358 g/mol. The quantitative estimate of drug-likeness (QED) is 0.516. The van der Waals surface area contributed by atoms with Crippen LogP contribution in [-0.4, -0.2) is 25.1 Å². The van der Waals surface area contributed by atoms with E-state index in [0.717, 1.165) is 22.3 Å². The fourth-order valence-corrected chi connectivity index (χ4v) is 3.01. The summed E-state index contributed by atoms with van der Waals surface area (Å²) in [6.07, 6.45) is 5.45. The molecule has 0 aliphatic carbocycles. The number of oxazole rings is 1. The van der Waals surface area contributed by atoms with E-state index in [9.17, 15) is 4.79 Å². The molecular formula is C20H13N5O3. The van der Waals surface area contributed by atoms with Crippen LogP contribution in [0.5, 0.6) is 0 Å². The van der Waals surface area contributed by atoms with Crippen molar-refractivity contribution in [3.8, 4) is 22.5 Å². The van der Waals surface area contributed by atoms with Gasteiger partial charge in [-0.25, -0.2) is 14.8 Å². The minimum absolute atomic E-state index is 0.447. The molecule has 28 heavy (non-hydrogen) atoms. The van der Waals surface area contributed by atoms with E-state index in [1.165, 1.54) is 6.33 Å². The lowest BCUT2D eigenvalue weighted by molar-refractivity contribution is 0.386. The Morgan fingerprint density at radius 1 is 0.964 bits per heavy atom. The molecule has 8 heteroatoms. The minimum Gasteiger partial charge on any atom is -0.408 e. The van der Waals surface area contributed by atoms with Gasteiger partial charge in [-0.05, 0) is 29.3 Å². The van der Waals surface area contributed by atoms with Gasteiger partial charge in [-0.3, -0.25) is 4.98 Å². The van der Waals surface area contributed by atoms with Crippen molar-refractivity contribution in [2.75, 3.05) is 0 Å². The largest absolute Gasteiger partial charge is 0.417 e. The lowest BCUT2D eigenvalue weighted by atomic mass is 10.1. The van der Waals surface area contributed by atoms with Crippen LogP contribution in [-0.2, 0) is 6.42 Å². The molecule has 1 N–H and O–H groups in total. The predicted molar refractivity (Wildman–Crippen MR) is 100 cm³/mol. The zero-order valence-corrected chi connectivity index (χ0v) is 14.5. The van der Waals surface area contributed by atoms with Crippen LogP contribution in [0.3, 0.4) is 0 Å². The van der Waals surface area contributed by atoms with E-state index in [-0.39, 0.29) is 0 Å². The van der Waals surface area contributed by atoms with Crippen molar-refractivity contribution in [2.45, 2.75) is 6.42 Å². The van der Waals surface area contributed by atoms with Crippen LogP contribution in [0.2, 0.25) is 0 Å². The highest BCUT2D eigenvalue weighted by Gasteiger charge is 2.11. The first-order valence-electron chi connectivity index (χ1n) is 8.55. The number of fused-ring (bicyclic) bond motifs is 1. The van der Waals surface area contributed by atoms with Gasteiger partial charge >= 0.3 is 5.76 Å². The summed E-state index contributed by atoms with van der Waals surface area (Å²) in [6.45, 7) is 0. The molecule has 0 radical (unpaired) electrons. The number of nitrogens with one attached hydrogen (secondary N) is 1. The van der Waals surface area contributed by atoms with Crippen LogP contribution in [0.1, 0.15) is 11.5 Å². The Morgan fingerprint density at radius 3 is 2.71 bits per heavy atom. The van der Waals surface area contributed by atoms with E-state index >= 15 is 0 Å². The number of rotatable bonds is 4. The Bertz CT molecular complexity index is 1320. The van der Waals surface area contributed by atoms with Gasteiger partial charge in [0.15, 0.2) is 5.58 Å². The third kappa shape index (κ3) is 3.07. The van der Waals surface area contributed by atoms with E-state index in [1.807, 2.05) is 36.4 Å². The molecule has 8 nitrogen and oxygen atoms in total. The van der Waals surface area contributed by atoms with E-state index < -0.39 is 5.76 Å². The van der Waals surface area contributed by atoms with Gasteiger partial charge in [0.1, 0.15) is 6.33 Å². The highest BCUT2D eigenvalue weighted by molar-refractivity contribution is 5.73. The summed E-state index contributed by atoms with van der Waals surface area (Å²) >= 11 is 0. The molecule has 0 bridgehead atoms. The fraction of sp³-hybridized carbons (Fsp3) is 0.0500. The third-order valence-electron chi connectivity index (χ3n) is 4.32. The lowest BCUT2D eigenvalue weighted by Gasteiger charge is -2.01. The highest BCUT2D eigenvalue weighted by atomic mass is 16.5. The molecule has 3 aromatic heterocycles. The average Bonchev–Trinajstić information content (AvgIpc) is 3.34. The highest BCUT2D eigenvalue weighted by Crippen LogP contribution is 2.24. The number of aromatic nitrogens is 5. The van der Waals surface area contributed by atoms with Crippen molar-refractivity contribution in [1.29, 1.82) is 0 Å². The van der Waals surface area contributed by atoms with E-state index in [2.05, 4.69) is 25.1 Å². The topological polar surface area (TPSA) is 111 Å². The summed E-state index contributed by atoms with van der Waals surface area (Å²) in [5, 5.41) is 4.09. The van der Waals surface area contributed by atoms with Crippen LogP contribution in [0.25, 0.3) is 33.6 Å². The van der Waals surface area contributed by atoms with Crippen molar-refractivity contribution in [2.24, 2.45) is 0 Å². The first kappa shape index (κ1) is 16.1. The van der Waals surface area contributed by atoms with Gasteiger partial charge in [0.05, 0.1) is 11.9 Å². The molecule has 0 fully saturated rings. The van der Waals surface area contributed by atoms with Gasteiger partial charge in [0, 0.05) is 23.5 Å². The first-order chi connectivity index (χ1) is 13.7. The smallest absolute Gasteiger partial charge is 0.408 e. The van der Waals surface area contributed by atoms with Crippen LogP contribution in [0.4, 0.5) is 0 Å². The maximum atomic E-state index is 11.3. The fourth-order valence-electron chi connectivity index (χ4n) is 3.01. The van der Waals surface area contributed by atoms with Crippen LogP contribution in [0.15, 0.2) is 74.9 Å². The minimum atomic E-state index is -0.476. The lowest BCUT2D eigenvalue weighted by Crippen LogP contribution is -1.93. The number of aromatic amines is 1. The maximum Gasteiger partial charge on any atom is 0.417 e. The monoisotopic (exact) mass is 371 g/mol. The van der Waals surface area contributed by atoms with Crippen molar-refractivity contribution in [3.05, 3.63) is 83.2 Å². The van der Waals surface area contributed by atoms with Gasteiger partial charge in [-0.2, -0.15) is 4.98 Å². The van der Waals surface area contributed by atoms with Gasteiger partial charge in [-0.15, -0.1) is 0 Å². The molecule has 0 aliphatic heterocycles. The number of benzene rings is 2. The molecule has 0 unspecified atom stereocenters. The first-order valence-corrected chi connectivity index (χ1v) is 8.55. The van der Waals surface area contributed by atoms with Crippen LogP contribution < -0.4 is 5.76 Å². The summed E-state index contributed by atoms with van der Waals surface area (Å²) in [5.74, 6) is 0.510. The molecule has 0 saturated heterocycles. The van der Waals surface area contributed by atoms with Gasteiger partial charge in [0.25, 0.3) is 0 Å². The van der Waals surface area contributed by atoms with Crippen molar-refractivity contribution in [1.82, 2.24) is 25.1 Å². The molecule has 3 heterocycles. The maximum absolute atomic E-state index is 11.3. The molecule has 0 spiro atoms. The molecule has 0 amide bonds. The molecule has 2 aromatic carbocycles. The van der Waals surface area contributed by atoms with E-state index in [1.54, 1.807) is 18.5 Å². The number of hydrogen-bond acceptors (Lipinski definition) is 7. The second kappa shape index (κ2) is 6.58. The molecule has 5 rings (SSSR count). The van der Waals surface area contributed by atoms with Gasteiger partial charge in [0.2, 0.25) is 11.7 Å². The van der Waals surface area contributed by atoms with Gasteiger partial charge in [-0.1, -0.05) is 29.4 Å². The number of nitrogens with zero attached hydrogens (tertiary/aromatic N) is 4.